The summed E-state index contributed by atoms with van der Waals surface area (Å²) in [4.78, 5) is 19.8. The number of nitrogens with one attached hydrogen (secondary N) is 2. The largest absolute Gasteiger partial charge is 0.395 e. The molecule has 2 rings (SSSR count). The van der Waals surface area contributed by atoms with Crippen LogP contribution in [-0.4, -0.2) is 59.3 Å². The highest BCUT2D eigenvalue weighted by Crippen LogP contribution is 2.24. The van der Waals surface area contributed by atoms with Gasteiger partial charge in [-0.25, -0.2) is 15.0 Å². The molecule has 0 saturated carbocycles. The molecule has 0 aromatic carbocycles. The summed E-state index contributed by atoms with van der Waals surface area (Å²) in [6, 6.07) is 0. The average Bonchev–Trinajstić information content (AvgIpc) is 2.50. The zero-order chi connectivity index (χ0) is 15.4. The average molecular weight is 291 g/mol. The van der Waals surface area contributed by atoms with E-state index in [1.54, 1.807) is 7.05 Å². The molecule has 0 aliphatic heterocycles. The molecule has 0 saturated heterocycles. The van der Waals surface area contributed by atoms with E-state index >= 15 is 0 Å². The van der Waals surface area contributed by atoms with Crippen LogP contribution < -0.4 is 15.5 Å². The number of fused-ring (bicyclic) bond motifs is 1. The molecule has 0 unspecified atom stereocenters. The van der Waals surface area contributed by atoms with Crippen LogP contribution in [0.25, 0.3) is 11.0 Å². The predicted molar refractivity (Wildman–Crippen MR) is 84.0 cm³/mol. The highest BCUT2D eigenvalue weighted by Gasteiger charge is 2.15. The Balaban J connectivity index is 2.65. The molecule has 0 bridgehead atoms. The van der Waals surface area contributed by atoms with Gasteiger partial charge in [0.25, 0.3) is 0 Å². The van der Waals surface area contributed by atoms with Crippen LogP contribution in [0.5, 0.6) is 0 Å². The molecule has 114 valence electrons. The molecular formula is C13H21N7O. The van der Waals surface area contributed by atoms with Crippen LogP contribution >= 0.6 is 0 Å². The van der Waals surface area contributed by atoms with E-state index in [2.05, 4.69) is 30.6 Å². The summed E-state index contributed by atoms with van der Waals surface area (Å²) in [7, 11) is 5.59. The summed E-state index contributed by atoms with van der Waals surface area (Å²) in [6.45, 7) is 2.45. The Hall–Kier alpha value is -2.22. The van der Waals surface area contributed by atoms with E-state index in [-0.39, 0.29) is 6.61 Å². The Labute approximate surface area is 123 Å². The third kappa shape index (κ3) is 3.10. The topological polar surface area (TPSA) is 99.1 Å². The number of aryl methyl sites for hydroxylation is 1. The van der Waals surface area contributed by atoms with Crippen LogP contribution in [0, 0.1) is 0 Å². The smallest absolute Gasteiger partial charge is 0.225 e. The second-order valence-electron chi connectivity index (χ2n) is 4.71. The van der Waals surface area contributed by atoms with Gasteiger partial charge in [0.05, 0.1) is 12.3 Å². The van der Waals surface area contributed by atoms with Gasteiger partial charge in [0.15, 0.2) is 5.82 Å². The normalized spacial score (nSPS) is 10.7. The molecule has 3 N–H and O–H groups in total. The van der Waals surface area contributed by atoms with Crippen molar-refractivity contribution < 1.29 is 5.11 Å². The maximum absolute atomic E-state index is 8.90. The Kier molecular flexibility index (Phi) is 4.69. The molecule has 0 atom stereocenters. The molecule has 0 aliphatic carbocycles. The SMILES string of the molecule is CCc1nc(N(C)C)nc2c(NC)nc(NCCO)nc12. The minimum atomic E-state index is 0.0208. The molecule has 8 heteroatoms. The van der Waals surface area contributed by atoms with Gasteiger partial charge in [-0.05, 0) is 6.42 Å². The van der Waals surface area contributed by atoms with Crippen molar-refractivity contribution in [3.63, 3.8) is 0 Å². The van der Waals surface area contributed by atoms with E-state index in [1.807, 2.05) is 25.9 Å². The predicted octanol–water partition coefficient (Wildman–Crippen LogP) is 0.494. The van der Waals surface area contributed by atoms with Crippen molar-refractivity contribution in [2.45, 2.75) is 13.3 Å². The van der Waals surface area contributed by atoms with Crippen molar-refractivity contribution >= 4 is 28.7 Å². The number of aliphatic hydroxyl groups excluding tert-OH is 1. The van der Waals surface area contributed by atoms with E-state index in [1.165, 1.54) is 0 Å². The molecular weight excluding hydrogens is 270 g/mol. The molecule has 2 aromatic rings. The summed E-state index contributed by atoms with van der Waals surface area (Å²) >= 11 is 0. The lowest BCUT2D eigenvalue weighted by Crippen LogP contribution is -2.16. The lowest BCUT2D eigenvalue weighted by atomic mass is 10.2. The second-order valence-corrected chi connectivity index (χ2v) is 4.71. The quantitative estimate of drug-likeness (QED) is 0.707. The molecule has 2 heterocycles. The standard InChI is InChI=1S/C13H21N7O/c1-5-8-9-10(18-13(16-8)20(3)4)11(14-2)19-12(17-9)15-6-7-21/h21H,5-7H2,1-4H3,(H2,14,15,17,19). The highest BCUT2D eigenvalue weighted by molar-refractivity contribution is 5.88. The van der Waals surface area contributed by atoms with Gasteiger partial charge >= 0.3 is 0 Å². The van der Waals surface area contributed by atoms with Crippen LogP contribution in [0.15, 0.2) is 0 Å². The van der Waals surface area contributed by atoms with Crippen LogP contribution in [0.4, 0.5) is 17.7 Å². The number of anilines is 3. The summed E-state index contributed by atoms with van der Waals surface area (Å²) in [5, 5.41) is 14.9. The van der Waals surface area contributed by atoms with Gasteiger partial charge in [-0.15, -0.1) is 0 Å². The number of hydrogen-bond donors (Lipinski definition) is 3. The van der Waals surface area contributed by atoms with Crippen LogP contribution in [0.1, 0.15) is 12.6 Å². The molecule has 2 aromatic heterocycles. The van der Waals surface area contributed by atoms with Crippen molar-refractivity contribution in [1.82, 2.24) is 19.9 Å². The van der Waals surface area contributed by atoms with Gasteiger partial charge in [0.1, 0.15) is 11.0 Å². The Bertz CT molecular complexity index is 629. The molecule has 8 nitrogen and oxygen atoms in total. The van der Waals surface area contributed by atoms with E-state index in [9.17, 15) is 0 Å². The summed E-state index contributed by atoms with van der Waals surface area (Å²) in [6.07, 6.45) is 0.749. The molecule has 0 radical (unpaired) electrons. The maximum Gasteiger partial charge on any atom is 0.225 e. The summed E-state index contributed by atoms with van der Waals surface area (Å²) in [5.74, 6) is 1.73. The third-order valence-electron chi connectivity index (χ3n) is 2.97. The van der Waals surface area contributed by atoms with Crippen LogP contribution in [-0.2, 0) is 6.42 Å². The number of aromatic nitrogens is 4. The zero-order valence-electron chi connectivity index (χ0n) is 12.8. The molecule has 0 spiro atoms. The van der Waals surface area contributed by atoms with Crippen LogP contribution in [0.3, 0.4) is 0 Å². The lowest BCUT2D eigenvalue weighted by Gasteiger charge is -2.15. The minimum Gasteiger partial charge on any atom is -0.395 e. The Morgan fingerprint density at radius 1 is 1.10 bits per heavy atom. The van der Waals surface area contributed by atoms with E-state index < -0.39 is 0 Å². The fraction of sp³-hybridized carbons (Fsp3) is 0.538. The van der Waals surface area contributed by atoms with Crippen molar-refractivity contribution in [3.05, 3.63) is 5.69 Å². The zero-order valence-corrected chi connectivity index (χ0v) is 12.8. The Morgan fingerprint density at radius 3 is 2.43 bits per heavy atom. The van der Waals surface area contributed by atoms with Crippen molar-refractivity contribution in [3.8, 4) is 0 Å². The van der Waals surface area contributed by atoms with Gasteiger partial charge in [-0.2, -0.15) is 4.98 Å². The first-order valence-corrected chi connectivity index (χ1v) is 6.89. The summed E-state index contributed by atoms with van der Waals surface area (Å²) in [5.41, 5.74) is 2.29. The number of hydrogen-bond acceptors (Lipinski definition) is 8. The molecule has 0 aliphatic rings. The van der Waals surface area contributed by atoms with Gasteiger partial charge in [0, 0.05) is 27.7 Å². The fourth-order valence-corrected chi connectivity index (χ4v) is 1.93. The lowest BCUT2D eigenvalue weighted by molar-refractivity contribution is 0.311. The Morgan fingerprint density at radius 2 is 1.86 bits per heavy atom. The maximum atomic E-state index is 8.90. The number of nitrogens with zero attached hydrogens (tertiary/aromatic N) is 5. The second kappa shape index (κ2) is 6.49. The number of aliphatic hydroxyl groups is 1. The van der Waals surface area contributed by atoms with Gasteiger partial charge in [-0.3, -0.25) is 0 Å². The van der Waals surface area contributed by atoms with Crippen molar-refractivity contribution in [2.75, 3.05) is 49.8 Å². The first-order valence-electron chi connectivity index (χ1n) is 6.89. The first-order chi connectivity index (χ1) is 10.1. The number of rotatable bonds is 6. The molecule has 21 heavy (non-hydrogen) atoms. The van der Waals surface area contributed by atoms with E-state index in [0.29, 0.717) is 29.8 Å². The fourth-order valence-electron chi connectivity index (χ4n) is 1.93. The van der Waals surface area contributed by atoms with Gasteiger partial charge < -0.3 is 20.6 Å². The monoisotopic (exact) mass is 291 g/mol. The van der Waals surface area contributed by atoms with Gasteiger partial charge in [0.2, 0.25) is 11.9 Å². The highest BCUT2D eigenvalue weighted by atomic mass is 16.3. The minimum absolute atomic E-state index is 0.0208. The van der Waals surface area contributed by atoms with E-state index in [4.69, 9.17) is 5.11 Å². The summed E-state index contributed by atoms with van der Waals surface area (Å²) < 4.78 is 0. The molecule has 0 amide bonds. The first kappa shape index (κ1) is 15.2. The molecule has 0 fully saturated rings. The van der Waals surface area contributed by atoms with Crippen molar-refractivity contribution in [1.29, 1.82) is 0 Å². The van der Waals surface area contributed by atoms with Crippen molar-refractivity contribution in [2.24, 2.45) is 0 Å². The van der Waals surface area contributed by atoms with E-state index in [0.717, 1.165) is 17.6 Å². The third-order valence-corrected chi connectivity index (χ3v) is 2.97. The van der Waals surface area contributed by atoms with Crippen LogP contribution in [0.2, 0.25) is 0 Å². The van der Waals surface area contributed by atoms with Gasteiger partial charge in [-0.1, -0.05) is 6.92 Å².